The number of hydrogen-bond donors (Lipinski definition) is 2. The van der Waals surface area contributed by atoms with Crippen LogP contribution in [-0.4, -0.2) is 19.7 Å². The molecule has 0 bridgehead atoms. The molecule has 1 aliphatic carbocycles. The van der Waals surface area contributed by atoms with Crippen LogP contribution in [0.15, 0.2) is 22.7 Å². The molecule has 0 saturated heterocycles. The van der Waals surface area contributed by atoms with Crippen molar-refractivity contribution in [3.05, 3.63) is 28.2 Å². The maximum Gasteiger partial charge on any atom is 0.133 e. The number of nitrogens with one attached hydrogen (secondary N) is 1. The van der Waals surface area contributed by atoms with E-state index in [1.54, 1.807) is 7.11 Å². The predicted molar refractivity (Wildman–Crippen MR) is 68.6 cm³/mol. The summed E-state index contributed by atoms with van der Waals surface area (Å²) in [6.45, 7) is 0.620. The lowest BCUT2D eigenvalue weighted by molar-refractivity contribution is 0.411. The highest BCUT2D eigenvalue weighted by molar-refractivity contribution is 9.10. The number of halogens is 1. The van der Waals surface area contributed by atoms with Gasteiger partial charge in [0.05, 0.1) is 11.6 Å². The van der Waals surface area contributed by atoms with Gasteiger partial charge in [0, 0.05) is 18.6 Å². The van der Waals surface area contributed by atoms with Gasteiger partial charge in [-0.1, -0.05) is 6.07 Å². The summed E-state index contributed by atoms with van der Waals surface area (Å²) in [7, 11) is 1.67. The maximum atomic E-state index is 5.79. The molecule has 1 atom stereocenters. The molecule has 0 radical (unpaired) electrons. The summed E-state index contributed by atoms with van der Waals surface area (Å²) in [6, 6.07) is 7.02. The van der Waals surface area contributed by atoms with Crippen molar-refractivity contribution in [1.29, 1.82) is 0 Å². The van der Waals surface area contributed by atoms with Crippen molar-refractivity contribution in [2.75, 3.05) is 13.7 Å². The molecule has 3 nitrogen and oxygen atoms in total. The van der Waals surface area contributed by atoms with Crippen molar-refractivity contribution in [3.8, 4) is 5.75 Å². The molecule has 0 aromatic heterocycles. The van der Waals surface area contributed by atoms with Crippen LogP contribution in [0.5, 0.6) is 5.75 Å². The first-order valence-electron chi connectivity index (χ1n) is 5.54. The first-order chi connectivity index (χ1) is 7.74. The molecule has 16 heavy (non-hydrogen) atoms. The fourth-order valence-corrected chi connectivity index (χ4v) is 2.29. The predicted octanol–water partition coefficient (Wildman–Crippen LogP) is 2.21. The quantitative estimate of drug-likeness (QED) is 0.872. The van der Waals surface area contributed by atoms with Gasteiger partial charge in [-0.25, -0.2) is 0 Å². The van der Waals surface area contributed by atoms with Gasteiger partial charge in [0.25, 0.3) is 0 Å². The Labute approximate surface area is 104 Å². The zero-order valence-electron chi connectivity index (χ0n) is 9.37. The van der Waals surface area contributed by atoms with Crippen LogP contribution in [0.4, 0.5) is 0 Å². The zero-order chi connectivity index (χ0) is 11.5. The van der Waals surface area contributed by atoms with Gasteiger partial charge in [0.15, 0.2) is 0 Å². The molecule has 1 aromatic rings. The molecule has 1 aromatic carbocycles. The van der Waals surface area contributed by atoms with E-state index in [0.29, 0.717) is 12.6 Å². The highest BCUT2D eigenvalue weighted by atomic mass is 79.9. The Hall–Kier alpha value is -0.580. The second kappa shape index (κ2) is 5.17. The summed E-state index contributed by atoms with van der Waals surface area (Å²) in [5, 5.41) is 3.53. The lowest BCUT2D eigenvalue weighted by Gasteiger charge is -2.17. The van der Waals surface area contributed by atoms with Crippen LogP contribution in [0.2, 0.25) is 0 Å². The van der Waals surface area contributed by atoms with E-state index >= 15 is 0 Å². The van der Waals surface area contributed by atoms with Crippen molar-refractivity contribution in [1.82, 2.24) is 5.32 Å². The molecule has 1 aliphatic rings. The van der Waals surface area contributed by atoms with Gasteiger partial charge in [-0.3, -0.25) is 0 Å². The van der Waals surface area contributed by atoms with Crippen LogP contribution < -0.4 is 15.8 Å². The van der Waals surface area contributed by atoms with E-state index in [2.05, 4.69) is 33.4 Å². The number of ether oxygens (including phenoxy) is 1. The van der Waals surface area contributed by atoms with Crippen LogP contribution in [0.3, 0.4) is 0 Å². The Kier molecular flexibility index (Phi) is 3.84. The van der Waals surface area contributed by atoms with Gasteiger partial charge in [-0.15, -0.1) is 0 Å². The van der Waals surface area contributed by atoms with Crippen molar-refractivity contribution in [3.63, 3.8) is 0 Å². The van der Waals surface area contributed by atoms with Gasteiger partial charge in [-0.2, -0.15) is 0 Å². The van der Waals surface area contributed by atoms with E-state index < -0.39 is 0 Å². The number of methoxy groups -OCH3 is 1. The minimum Gasteiger partial charge on any atom is -0.496 e. The minimum absolute atomic E-state index is 0.245. The second-order valence-electron chi connectivity index (χ2n) is 4.12. The van der Waals surface area contributed by atoms with Gasteiger partial charge in [0.2, 0.25) is 0 Å². The number of hydrogen-bond acceptors (Lipinski definition) is 3. The van der Waals surface area contributed by atoms with E-state index in [-0.39, 0.29) is 6.04 Å². The van der Waals surface area contributed by atoms with E-state index in [9.17, 15) is 0 Å². The Morgan fingerprint density at radius 3 is 2.81 bits per heavy atom. The maximum absolute atomic E-state index is 5.79. The zero-order valence-corrected chi connectivity index (χ0v) is 11.0. The van der Waals surface area contributed by atoms with E-state index in [0.717, 1.165) is 10.2 Å². The molecular weight excluding hydrogens is 268 g/mol. The Bertz CT molecular complexity index is 366. The number of benzene rings is 1. The van der Waals surface area contributed by atoms with Crippen LogP contribution in [0, 0.1) is 0 Å². The summed E-state index contributed by atoms with van der Waals surface area (Å²) >= 11 is 3.49. The standard InChI is InChI=1S/C12H17BrN2O/c1-16-12-5-2-8(6-10(12)13)11(7-14)15-9-3-4-9/h2,5-6,9,11,15H,3-4,7,14H2,1H3. The average molecular weight is 285 g/mol. The monoisotopic (exact) mass is 284 g/mol. The molecule has 3 N–H and O–H groups in total. The van der Waals surface area contributed by atoms with Crippen LogP contribution in [-0.2, 0) is 0 Å². The Morgan fingerprint density at radius 2 is 2.31 bits per heavy atom. The van der Waals surface area contributed by atoms with Crippen molar-refractivity contribution < 1.29 is 4.74 Å². The highest BCUT2D eigenvalue weighted by Crippen LogP contribution is 2.29. The lowest BCUT2D eigenvalue weighted by Crippen LogP contribution is -2.29. The molecule has 0 amide bonds. The van der Waals surface area contributed by atoms with E-state index in [4.69, 9.17) is 10.5 Å². The number of nitrogens with two attached hydrogens (primary N) is 1. The third-order valence-electron chi connectivity index (χ3n) is 2.83. The SMILES string of the molecule is COc1ccc(C(CN)NC2CC2)cc1Br. The molecular formula is C12H17BrN2O. The van der Waals surface area contributed by atoms with Gasteiger partial charge in [-0.05, 0) is 46.5 Å². The molecule has 1 saturated carbocycles. The lowest BCUT2D eigenvalue weighted by atomic mass is 10.1. The van der Waals surface area contributed by atoms with Crippen LogP contribution in [0.1, 0.15) is 24.4 Å². The Morgan fingerprint density at radius 1 is 1.56 bits per heavy atom. The summed E-state index contributed by atoms with van der Waals surface area (Å²) in [6.07, 6.45) is 2.54. The fraction of sp³-hybridized carbons (Fsp3) is 0.500. The smallest absolute Gasteiger partial charge is 0.133 e. The van der Waals surface area contributed by atoms with Crippen molar-refractivity contribution >= 4 is 15.9 Å². The normalized spacial score (nSPS) is 17.2. The highest BCUT2D eigenvalue weighted by Gasteiger charge is 2.24. The van der Waals surface area contributed by atoms with E-state index in [1.165, 1.54) is 18.4 Å². The molecule has 88 valence electrons. The first-order valence-corrected chi connectivity index (χ1v) is 6.33. The summed E-state index contributed by atoms with van der Waals surface area (Å²) in [5.41, 5.74) is 7.00. The molecule has 0 heterocycles. The molecule has 0 spiro atoms. The third kappa shape index (κ3) is 2.75. The van der Waals surface area contributed by atoms with Crippen molar-refractivity contribution in [2.24, 2.45) is 5.73 Å². The van der Waals surface area contributed by atoms with Crippen LogP contribution >= 0.6 is 15.9 Å². The molecule has 4 heteroatoms. The molecule has 0 aliphatic heterocycles. The summed E-state index contributed by atoms with van der Waals surface area (Å²) in [5.74, 6) is 0.853. The van der Waals surface area contributed by atoms with Crippen molar-refractivity contribution in [2.45, 2.75) is 24.9 Å². The first kappa shape index (κ1) is 11.9. The second-order valence-corrected chi connectivity index (χ2v) is 4.98. The fourth-order valence-electron chi connectivity index (χ4n) is 1.73. The Balaban J connectivity index is 2.13. The largest absolute Gasteiger partial charge is 0.496 e. The third-order valence-corrected chi connectivity index (χ3v) is 3.45. The minimum atomic E-state index is 0.245. The topological polar surface area (TPSA) is 47.3 Å². The summed E-state index contributed by atoms with van der Waals surface area (Å²) < 4.78 is 6.18. The number of rotatable bonds is 5. The molecule has 1 unspecified atom stereocenters. The molecule has 2 rings (SSSR count). The molecule has 1 fully saturated rings. The summed E-state index contributed by atoms with van der Waals surface area (Å²) in [4.78, 5) is 0. The van der Waals surface area contributed by atoms with Gasteiger partial charge < -0.3 is 15.8 Å². The van der Waals surface area contributed by atoms with E-state index in [1.807, 2.05) is 6.07 Å². The average Bonchev–Trinajstić information content (AvgIpc) is 3.09. The van der Waals surface area contributed by atoms with Crippen LogP contribution in [0.25, 0.3) is 0 Å². The van der Waals surface area contributed by atoms with Gasteiger partial charge in [0.1, 0.15) is 5.75 Å². The van der Waals surface area contributed by atoms with Gasteiger partial charge >= 0.3 is 0 Å².